The van der Waals surface area contributed by atoms with Crippen molar-refractivity contribution in [3.8, 4) is 0 Å². The number of piperidine rings is 1. The van der Waals surface area contributed by atoms with E-state index < -0.39 is 0 Å². The zero-order valence-corrected chi connectivity index (χ0v) is 15.8. The minimum Gasteiger partial charge on any atom is -0.332 e. The largest absolute Gasteiger partial charge is 0.332 e. The Labute approximate surface area is 154 Å². The van der Waals surface area contributed by atoms with E-state index in [2.05, 4.69) is 43.3 Å². The van der Waals surface area contributed by atoms with Gasteiger partial charge in [0, 0.05) is 38.0 Å². The van der Waals surface area contributed by atoms with Crippen LogP contribution in [0.5, 0.6) is 0 Å². The van der Waals surface area contributed by atoms with Crippen molar-refractivity contribution in [2.24, 2.45) is 7.05 Å². The number of aryl methyl sites for hydroxylation is 1. The van der Waals surface area contributed by atoms with Crippen molar-refractivity contribution in [3.63, 3.8) is 0 Å². The third-order valence-electron chi connectivity index (χ3n) is 4.98. The second-order valence-corrected chi connectivity index (χ2v) is 7.35. The van der Waals surface area contributed by atoms with Gasteiger partial charge in [0.1, 0.15) is 0 Å². The fourth-order valence-corrected chi connectivity index (χ4v) is 3.58. The van der Waals surface area contributed by atoms with Gasteiger partial charge >= 0.3 is 0 Å². The highest BCUT2D eigenvalue weighted by Crippen LogP contribution is 2.32. The van der Waals surface area contributed by atoms with Gasteiger partial charge in [0.2, 0.25) is 0 Å². The normalized spacial score (nSPS) is 17.5. The Morgan fingerprint density at radius 1 is 1.15 bits per heavy atom. The molecule has 26 heavy (non-hydrogen) atoms. The quantitative estimate of drug-likeness (QED) is 0.849. The van der Waals surface area contributed by atoms with Crippen LogP contribution >= 0.6 is 0 Å². The fraction of sp³-hybridized carbons (Fsp3) is 0.429. The van der Waals surface area contributed by atoms with Crippen molar-refractivity contribution in [1.29, 1.82) is 0 Å². The summed E-state index contributed by atoms with van der Waals surface area (Å²) in [5.41, 5.74) is 2.75. The molecule has 1 aliphatic heterocycles. The SMILES string of the molecule is CN(C)Cc1ccc([C@@H]2CCCCN2C(=O)c2ccn(C)c(=O)c2)cc1. The summed E-state index contributed by atoms with van der Waals surface area (Å²) in [7, 11) is 5.80. The molecule has 5 nitrogen and oxygen atoms in total. The van der Waals surface area contributed by atoms with Gasteiger partial charge in [0.05, 0.1) is 6.04 Å². The van der Waals surface area contributed by atoms with Gasteiger partial charge in [-0.3, -0.25) is 9.59 Å². The van der Waals surface area contributed by atoms with Crippen LogP contribution in [0, 0.1) is 0 Å². The molecule has 1 fully saturated rings. The third-order valence-corrected chi connectivity index (χ3v) is 4.98. The number of carbonyl (C=O) groups excluding carboxylic acids is 1. The predicted octanol–water partition coefficient (Wildman–Crippen LogP) is 2.81. The minimum atomic E-state index is -0.155. The molecular weight excluding hydrogens is 326 g/mol. The molecule has 2 aromatic rings. The lowest BCUT2D eigenvalue weighted by Gasteiger charge is -2.36. The molecule has 2 heterocycles. The molecule has 3 rings (SSSR count). The van der Waals surface area contributed by atoms with Crippen LogP contribution in [0.4, 0.5) is 0 Å². The maximum Gasteiger partial charge on any atom is 0.254 e. The van der Waals surface area contributed by atoms with E-state index in [9.17, 15) is 9.59 Å². The lowest BCUT2D eigenvalue weighted by atomic mass is 9.94. The predicted molar refractivity (Wildman–Crippen MR) is 103 cm³/mol. The third kappa shape index (κ3) is 4.05. The molecule has 0 N–H and O–H groups in total. The fourth-order valence-electron chi connectivity index (χ4n) is 3.58. The highest BCUT2D eigenvalue weighted by molar-refractivity contribution is 5.94. The molecule has 1 aromatic carbocycles. The average Bonchev–Trinajstić information content (AvgIpc) is 2.63. The Balaban J connectivity index is 1.84. The van der Waals surface area contributed by atoms with Gasteiger partial charge in [-0.25, -0.2) is 0 Å². The molecule has 0 radical (unpaired) electrons. The van der Waals surface area contributed by atoms with Gasteiger partial charge < -0.3 is 14.4 Å². The average molecular weight is 353 g/mol. The maximum atomic E-state index is 13.0. The Bertz CT molecular complexity index is 824. The standard InChI is InChI=1S/C21H27N3O2/c1-22(2)15-16-7-9-17(10-8-16)19-6-4-5-12-24(19)21(26)18-11-13-23(3)20(25)14-18/h7-11,13-14,19H,4-6,12,15H2,1-3H3/t19-/m0/s1. The van der Waals surface area contributed by atoms with E-state index in [0.29, 0.717) is 5.56 Å². The molecule has 0 aliphatic carbocycles. The number of hydrogen-bond acceptors (Lipinski definition) is 3. The maximum absolute atomic E-state index is 13.0. The monoisotopic (exact) mass is 353 g/mol. The second kappa shape index (κ2) is 7.87. The molecule has 1 atom stereocenters. The molecule has 1 aliphatic rings. The summed E-state index contributed by atoms with van der Waals surface area (Å²) in [6, 6.07) is 11.8. The summed E-state index contributed by atoms with van der Waals surface area (Å²) in [5.74, 6) is -0.0511. The highest BCUT2D eigenvalue weighted by Gasteiger charge is 2.28. The number of nitrogens with zero attached hydrogens (tertiary/aromatic N) is 3. The molecule has 0 spiro atoms. The van der Waals surface area contributed by atoms with Crippen molar-refractivity contribution in [2.75, 3.05) is 20.6 Å². The number of rotatable bonds is 4. The molecule has 1 saturated heterocycles. The van der Waals surface area contributed by atoms with E-state index in [1.807, 2.05) is 4.90 Å². The van der Waals surface area contributed by atoms with Crippen molar-refractivity contribution in [2.45, 2.75) is 31.8 Å². The number of carbonyl (C=O) groups is 1. The summed E-state index contributed by atoms with van der Waals surface area (Å²) in [5, 5.41) is 0. The van der Waals surface area contributed by atoms with Crippen LogP contribution in [0.25, 0.3) is 0 Å². The van der Waals surface area contributed by atoms with E-state index in [1.165, 1.54) is 21.8 Å². The van der Waals surface area contributed by atoms with Crippen molar-refractivity contribution >= 4 is 5.91 Å². The van der Waals surface area contributed by atoms with Gasteiger partial charge in [-0.05, 0) is 50.6 Å². The zero-order valence-electron chi connectivity index (χ0n) is 15.8. The minimum absolute atomic E-state index is 0.0511. The van der Waals surface area contributed by atoms with Gasteiger partial charge in [0.25, 0.3) is 11.5 Å². The number of benzene rings is 1. The molecule has 0 bridgehead atoms. The van der Waals surface area contributed by atoms with Gasteiger partial charge in [-0.2, -0.15) is 0 Å². The molecule has 5 heteroatoms. The Hall–Kier alpha value is -2.40. The van der Waals surface area contributed by atoms with E-state index in [1.54, 1.807) is 19.3 Å². The van der Waals surface area contributed by atoms with Crippen LogP contribution in [-0.2, 0) is 13.6 Å². The van der Waals surface area contributed by atoms with Crippen molar-refractivity contribution in [1.82, 2.24) is 14.4 Å². The molecule has 138 valence electrons. The molecular formula is C21H27N3O2. The van der Waals surface area contributed by atoms with Crippen molar-refractivity contribution in [3.05, 3.63) is 69.6 Å². The first-order valence-electron chi connectivity index (χ1n) is 9.17. The molecule has 0 saturated carbocycles. The van der Waals surface area contributed by atoms with Crippen molar-refractivity contribution < 1.29 is 4.79 Å². The van der Waals surface area contributed by atoms with E-state index in [0.717, 1.165) is 32.4 Å². The number of pyridine rings is 1. The lowest BCUT2D eigenvalue weighted by Crippen LogP contribution is -2.39. The van der Waals surface area contributed by atoms with Crippen LogP contribution in [-0.4, -0.2) is 40.9 Å². The lowest BCUT2D eigenvalue weighted by molar-refractivity contribution is 0.0611. The summed E-state index contributed by atoms with van der Waals surface area (Å²) in [6.45, 7) is 1.64. The first kappa shape index (κ1) is 18.4. The van der Waals surface area contributed by atoms with E-state index in [4.69, 9.17) is 0 Å². The first-order chi connectivity index (χ1) is 12.5. The van der Waals surface area contributed by atoms with Gasteiger partial charge in [-0.15, -0.1) is 0 Å². The second-order valence-electron chi connectivity index (χ2n) is 7.35. The summed E-state index contributed by atoms with van der Waals surface area (Å²) in [6.07, 6.45) is 4.74. The Kier molecular flexibility index (Phi) is 5.57. The summed E-state index contributed by atoms with van der Waals surface area (Å²) < 4.78 is 1.48. The Morgan fingerprint density at radius 2 is 1.88 bits per heavy atom. The smallest absolute Gasteiger partial charge is 0.254 e. The molecule has 1 amide bonds. The van der Waals surface area contributed by atoms with Gasteiger partial charge in [0.15, 0.2) is 0 Å². The first-order valence-corrected chi connectivity index (χ1v) is 9.17. The van der Waals surface area contributed by atoms with Crippen LogP contribution in [0.15, 0.2) is 47.4 Å². The van der Waals surface area contributed by atoms with Gasteiger partial charge in [-0.1, -0.05) is 24.3 Å². The van der Waals surface area contributed by atoms with Crippen LogP contribution < -0.4 is 5.56 Å². The highest BCUT2D eigenvalue weighted by atomic mass is 16.2. The van der Waals surface area contributed by atoms with E-state index in [-0.39, 0.29) is 17.5 Å². The number of aromatic nitrogens is 1. The van der Waals surface area contributed by atoms with E-state index >= 15 is 0 Å². The topological polar surface area (TPSA) is 45.5 Å². The number of likely N-dealkylation sites (tertiary alicyclic amines) is 1. The number of hydrogen-bond donors (Lipinski definition) is 0. The summed E-state index contributed by atoms with van der Waals surface area (Å²) in [4.78, 5) is 29.0. The van der Waals surface area contributed by atoms with Crippen LogP contribution in [0.1, 0.15) is 46.8 Å². The van der Waals surface area contributed by atoms with Crippen LogP contribution in [0.2, 0.25) is 0 Å². The Morgan fingerprint density at radius 3 is 2.54 bits per heavy atom. The molecule has 0 unspecified atom stereocenters. The molecule has 1 aromatic heterocycles. The summed E-state index contributed by atoms with van der Waals surface area (Å²) >= 11 is 0. The number of amides is 1. The van der Waals surface area contributed by atoms with Crippen LogP contribution in [0.3, 0.4) is 0 Å². The zero-order chi connectivity index (χ0) is 18.7.